The number of carbonyl (C=O) groups is 1. The Labute approximate surface area is 145 Å². The molecule has 4 rings (SSSR count). The zero-order valence-corrected chi connectivity index (χ0v) is 14.9. The normalized spacial score (nSPS) is 19.6. The minimum absolute atomic E-state index is 0.124. The Morgan fingerprint density at radius 1 is 1.38 bits per heavy atom. The summed E-state index contributed by atoms with van der Waals surface area (Å²) < 4.78 is 5.34. The molecule has 5 nitrogen and oxygen atoms in total. The van der Waals surface area contributed by atoms with E-state index in [0.29, 0.717) is 19.0 Å². The molecule has 0 unspecified atom stereocenters. The Balaban J connectivity index is 1.58. The van der Waals surface area contributed by atoms with Gasteiger partial charge in [-0.25, -0.2) is 9.97 Å². The lowest BCUT2D eigenvalue weighted by molar-refractivity contribution is 0.0736. The van der Waals surface area contributed by atoms with Crippen LogP contribution in [0, 0.1) is 5.92 Å². The lowest BCUT2D eigenvalue weighted by atomic mass is 9.90. The van der Waals surface area contributed by atoms with Gasteiger partial charge in [-0.2, -0.15) is 0 Å². The molecule has 3 heterocycles. The van der Waals surface area contributed by atoms with Crippen LogP contribution < -0.4 is 4.74 Å². The number of thiophene rings is 1. The summed E-state index contributed by atoms with van der Waals surface area (Å²) in [7, 11) is 1.61. The summed E-state index contributed by atoms with van der Waals surface area (Å²) in [5, 5.41) is 0. The van der Waals surface area contributed by atoms with Crippen LogP contribution in [0.15, 0.2) is 12.4 Å². The predicted octanol–water partition coefficient (Wildman–Crippen LogP) is 2.87. The maximum Gasteiger partial charge on any atom is 0.264 e. The van der Waals surface area contributed by atoms with E-state index >= 15 is 0 Å². The minimum atomic E-state index is 0.124. The van der Waals surface area contributed by atoms with E-state index < -0.39 is 0 Å². The van der Waals surface area contributed by atoms with Gasteiger partial charge in [-0.1, -0.05) is 6.92 Å². The first kappa shape index (κ1) is 15.6. The van der Waals surface area contributed by atoms with E-state index in [1.54, 1.807) is 18.4 Å². The molecule has 0 bridgehead atoms. The van der Waals surface area contributed by atoms with E-state index in [1.807, 2.05) is 4.90 Å². The molecule has 0 saturated carbocycles. The number of aromatic nitrogens is 2. The van der Waals surface area contributed by atoms with E-state index in [2.05, 4.69) is 23.0 Å². The predicted molar refractivity (Wildman–Crippen MR) is 92.5 cm³/mol. The molecule has 0 spiro atoms. The van der Waals surface area contributed by atoms with Gasteiger partial charge in [0.05, 0.1) is 29.8 Å². The molecule has 1 aliphatic carbocycles. The van der Waals surface area contributed by atoms with Gasteiger partial charge >= 0.3 is 0 Å². The molecule has 1 amide bonds. The van der Waals surface area contributed by atoms with Crippen LogP contribution in [0.2, 0.25) is 0 Å². The lowest BCUT2D eigenvalue weighted by Crippen LogP contribution is -2.36. The monoisotopic (exact) mass is 343 g/mol. The van der Waals surface area contributed by atoms with Crippen LogP contribution in [0.5, 0.6) is 5.88 Å². The third-order valence-corrected chi connectivity index (χ3v) is 6.21. The van der Waals surface area contributed by atoms with Crippen LogP contribution in [0.25, 0.3) is 0 Å². The Morgan fingerprint density at radius 3 is 3.08 bits per heavy atom. The van der Waals surface area contributed by atoms with Crippen molar-refractivity contribution in [2.45, 2.75) is 39.2 Å². The van der Waals surface area contributed by atoms with Gasteiger partial charge in [-0.05, 0) is 36.8 Å². The number of fused-ring (bicyclic) bond motifs is 2. The lowest BCUT2D eigenvalue weighted by Gasteiger charge is -2.28. The average Bonchev–Trinajstić information content (AvgIpc) is 3.03. The fourth-order valence-electron chi connectivity index (χ4n) is 3.63. The van der Waals surface area contributed by atoms with Crippen molar-refractivity contribution in [1.29, 1.82) is 0 Å². The Morgan fingerprint density at radius 2 is 2.25 bits per heavy atom. The van der Waals surface area contributed by atoms with Gasteiger partial charge in [-0.15, -0.1) is 11.3 Å². The minimum Gasteiger partial charge on any atom is -0.481 e. The molecule has 0 aromatic carbocycles. The maximum absolute atomic E-state index is 13.0. The average molecular weight is 343 g/mol. The van der Waals surface area contributed by atoms with Crippen molar-refractivity contribution in [2.24, 2.45) is 5.92 Å². The molecule has 0 fully saturated rings. The van der Waals surface area contributed by atoms with Crippen molar-refractivity contribution in [3.8, 4) is 5.88 Å². The number of methoxy groups -OCH3 is 1. The number of carbonyl (C=O) groups excluding carboxylic acids is 1. The maximum atomic E-state index is 13.0. The molecule has 2 aliphatic rings. The van der Waals surface area contributed by atoms with Crippen molar-refractivity contribution in [3.05, 3.63) is 39.0 Å². The second kappa shape index (κ2) is 6.16. The summed E-state index contributed by atoms with van der Waals surface area (Å²) >= 11 is 1.68. The third-order valence-electron chi connectivity index (χ3n) is 4.98. The zero-order chi connectivity index (χ0) is 16.7. The van der Waals surface area contributed by atoms with Gasteiger partial charge in [0.25, 0.3) is 5.91 Å². The Kier molecular flexibility index (Phi) is 4.00. The first-order valence-electron chi connectivity index (χ1n) is 8.43. The Bertz CT molecular complexity index is 772. The second-order valence-electron chi connectivity index (χ2n) is 6.69. The first-order chi connectivity index (χ1) is 11.7. The molecule has 0 N–H and O–H groups in total. The van der Waals surface area contributed by atoms with Crippen molar-refractivity contribution < 1.29 is 9.53 Å². The Hall–Kier alpha value is -1.95. The van der Waals surface area contributed by atoms with Gasteiger partial charge in [0, 0.05) is 17.8 Å². The second-order valence-corrected chi connectivity index (χ2v) is 7.83. The highest BCUT2D eigenvalue weighted by atomic mass is 32.1. The number of nitrogens with zero attached hydrogens (tertiary/aromatic N) is 3. The van der Waals surface area contributed by atoms with Crippen LogP contribution in [-0.2, 0) is 25.8 Å². The summed E-state index contributed by atoms with van der Waals surface area (Å²) in [6, 6.07) is 2.12. The highest BCUT2D eigenvalue weighted by Crippen LogP contribution is 2.33. The highest BCUT2D eigenvalue weighted by Gasteiger charge is 2.28. The smallest absolute Gasteiger partial charge is 0.264 e. The fraction of sp³-hybridized carbons (Fsp3) is 0.500. The summed E-state index contributed by atoms with van der Waals surface area (Å²) in [5.41, 5.74) is 3.31. The fourth-order valence-corrected chi connectivity index (χ4v) is 4.81. The largest absolute Gasteiger partial charge is 0.481 e. The number of hydrogen-bond donors (Lipinski definition) is 0. The van der Waals surface area contributed by atoms with Crippen molar-refractivity contribution >= 4 is 17.2 Å². The van der Waals surface area contributed by atoms with Gasteiger partial charge in [-0.3, -0.25) is 4.79 Å². The molecule has 2 aromatic heterocycles. The van der Waals surface area contributed by atoms with Crippen molar-refractivity contribution in [2.75, 3.05) is 13.7 Å². The number of rotatable bonds is 2. The number of amides is 1. The van der Waals surface area contributed by atoms with Crippen LogP contribution in [-0.4, -0.2) is 34.4 Å². The number of aryl methyl sites for hydroxylation is 1. The molecule has 1 aliphatic heterocycles. The quantitative estimate of drug-likeness (QED) is 0.841. The highest BCUT2D eigenvalue weighted by molar-refractivity contribution is 7.14. The summed E-state index contributed by atoms with van der Waals surface area (Å²) in [6.45, 7) is 3.51. The molecular formula is C18H21N3O2S. The molecule has 6 heteroatoms. The molecule has 2 aromatic rings. The van der Waals surface area contributed by atoms with Crippen molar-refractivity contribution in [3.63, 3.8) is 0 Å². The third kappa shape index (κ3) is 2.69. The summed E-state index contributed by atoms with van der Waals surface area (Å²) in [6.07, 6.45) is 5.72. The molecular weight excluding hydrogens is 322 g/mol. The summed E-state index contributed by atoms with van der Waals surface area (Å²) in [4.78, 5) is 25.6. The van der Waals surface area contributed by atoms with E-state index in [4.69, 9.17) is 4.74 Å². The topological polar surface area (TPSA) is 55.3 Å². The summed E-state index contributed by atoms with van der Waals surface area (Å²) in [5.74, 6) is 1.42. The van der Waals surface area contributed by atoms with E-state index in [-0.39, 0.29) is 5.91 Å². The standard InChI is InChI=1S/C18H21N3O2S/c1-11-3-4-15-12(7-11)8-16(24-15)18(22)21-6-5-14-13(9-21)17(23-2)20-10-19-14/h8,10-11H,3-7,9H2,1-2H3/t11-/m0/s1. The molecule has 0 radical (unpaired) electrons. The van der Waals surface area contributed by atoms with Crippen LogP contribution in [0.1, 0.15) is 44.7 Å². The zero-order valence-electron chi connectivity index (χ0n) is 14.0. The van der Waals surface area contributed by atoms with Crippen LogP contribution in [0.4, 0.5) is 0 Å². The van der Waals surface area contributed by atoms with Gasteiger partial charge < -0.3 is 9.64 Å². The van der Waals surface area contributed by atoms with Crippen LogP contribution >= 0.6 is 11.3 Å². The molecule has 126 valence electrons. The van der Waals surface area contributed by atoms with E-state index in [1.165, 1.54) is 23.2 Å². The van der Waals surface area contributed by atoms with Crippen molar-refractivity contribution in [1.82, 2.24) is 14.9 Å². The van der Waals surface area contributed by atoms with Gasteiger partial charge in [0.15, 0.2) is 0 Å². The first-order valence-corrected chi connectivity index (χ1v) is 9.25. The SMILES string of the molecule is COc1ncnc2c1CN(C(=O)c1cc3c(s1)CC[C@H](C)C3)CC2. The number of hydrogen-bond acceptors (Lipinski definition) is 5. The van der Waals surface area contributed by atoms with E-state index in [9.17, 15) is 4.79 Å². The van der Waals surface area contributed by atoms with Crippen LogP contribution in [0.3, 0.4) is 0 Å². The molecule has 24 heavy (non-hydrogen) atoms. The van der Waals surface area contributed by atoms with E-state index in [0.717, 1.165) is 41.3 Å². The van der Waals surface area contributed by atoms with Gasteiger partial charge in [0.1, 0.15) is 6.33 Å². The number of ether oxygens (including phenoxy) is 1. The molecule has 1 atom stereocenters. The molecule has 0 saturated heterocycles. The van der Waals surface area contributed by atoms with Gasteiger partial charge in [0.2, 0.25) is 5.88 Å².